The van der Waals surface area contributed by atoms with Crippen LogP contribution < -0.4 is 5.32 Å². The Balaban J connectivity index is 2.50. The lowest BCUT2D eigenvalue weighted by Crippen LogP contribution is -2.88. The molecule has 0 saturated heterocycles. The lowest BCUT2D eigenvalue weighted by Gasteiger charge is -2.11. The highest BCUT2D eigenvalue weighted by Gasteiger charge is 2.05. The highest BCUT2D eigenvalue weighted by molar-refractivity contribution is 5.29. The Bertz CT molecular complexity index is 309. The predicted octanol–water partition coefficient (Wildman–Crippen LogP) is 1.40. The molecule has 0 aliphatic rings. The van der Waals surface area contributed by atoms with Gasteiger partial charge in [-0.25, -0.2) is 0 Å². The van der Waals surface area contributed by atoms with Gasteiger partial charge in [-0.2, -0.15) is 0 Å². The topological polar surface area (TPSA) is 25.8 Å². The molecule has 15 heavy (non-hydrogen) atoms. The van der Waals surface area contributed by atoms with Crippen molar-refractivity contribution in [2.75, 3.05) is 13.7 Å². The van der Waals surface area contributed by atoms with Gasteiger partial charge >= 0.3 is 0 Å². The first-order valence-corrected chi connectivity index (χ1v) is 5.52. The Morgan fingerprint density at radius 1 is 1.33 bits per heavy atom. The Kier molecular flexibility index (Phi) is 4.79. The maximum Gasteiger partial charge on any atom is 0.107 e. The predicted molar refractivity (Wildman–Crippen MR) is 62.9 cm³/mol. The van der Waals surface area contributed by atoms with Crippen LogP contribution in [-0.2, 0) is 11.3 Å². The summed E-state index contributed by atoms with van der Waals surface area (Å²) in [6.07, 6.45) is 0. The van der Waals surface area contributed by atoms with Gasteiger partial charge in [-0.3, -0.25) is 0 Å². The van der Waals surface area contributed by atoms with E-state index in [0.717, 1.165) is 13.2 Å². The van der Waals surface area contributed by atoms with Crippen LogP contribution in [0.4, 0.5) is 0 Å². The summed E-state index contributed by atoms with van der Waals surface area (Å²) >= 11 is 0. The number of methoxy groups -OCH3 is 1. The van der Waals surface area contributed by atoms with E-state index in [1.54, 1.807) is 7.11 Å². The van der Waals surface area contributed by atoms with Gasteiger partial charge in [0.2, 0.25) is 0 Å². The summed E-state index contributed by atoms with van der Waals surface area (Å²) in [7, 11) is 1.75. The van der Waals surface area contributed by atoms with E-state index in [1.165, 1.54) is 16.7 Å². The fourth-order valence-corrected chi connectivity index (χ4v) is 1.73. The third-order valence-electron chi connectivity index (χ3n) is 2.67. The monoisotopic (exact) mass is 208 g/mol. The van der Waals surface area contributed by atoms with E-state index in [4.69, 9.17) is 4.74 Å². The average molecular weight is 208 g/mol. The SMILES string of the molecule is COC[C@@H](C)[NH2+]Cc1ccc(C)cc1C. The van der Waals surface area contributed by atoms with Gasteiger partial charge in [0.25, 0.3) is 0 Å². The van der Waals surface area contributed by atoms with Gasteiger partial charge in [-0.1, -0.05) is 23.8 Å². The summed E-state index contributed by atoms with van der Waals surface area (Å²) in [4.78, 5) is 0. The number of rotatable bonds is 5. The molecule has 1 rings (SSSR count). The summed E-state index contributed by atoms with van der Waals surface area (Å²) in [5.41, 5.74) is 4.14. The molecule has 84 valence electrons. The normalized spacial score (nSPS) is 12.8. The van der Waals surface area contributed by atoms with Crippen LogP contribution in [0.1, 0.15) is 23.6 Å². The summed E-state index contributed by atoms with van der Waals surface area (Å²) in [6, 6.07) is 7.16. The molecule has 0 radical (unpaired) electrons. The van der Waals surface area contributed by atoms with E-state index in [-0.39, 0.29) is 0 Å². The van der Waals surface area contributed by atoms with Crippen LogP contribution in [0.5, 0.6) is 0 Å². The van der Waals surface area contributed by atoms with E-state index < -0.39 is 0 Å². The molecular formula is C13H22NO+. The van der Waals surface area contributed by atoms with Crippen LogP contribution in [0, 0.1) is 13.8 Å². The Morgan fingerprint density at radius 2 is 2.07 bits per heavy atom. The van der Waals surface area contributed by atoms with Crippen molar-refractivity contribution < 1.29 is 10.1 Å². The minimum absolute atomic E-state index is 0.524. The van der Waals surface area contributed by atoms with Crippen LogP contribution in [0.15, 0.2) is 18.2 Å². The van der Waals surface area contributed by atoms with Gasteiger partial charge in [0, 0.05) is 12.7 Å². The first-order chi connectivity index (χ1) is 7.13. The number of quaternary nitrogens is 1. The molecule has 0 saturated carbocycles. The molecule has 0 unspecified atom stereocenters. The van der Waals surface area contributed by atoms with Crippen LogP contribution in [0.2, 0.25) is 0 Å². The molecule has 2 heteroatoms. The quantitative estimate of drug-likeness (QED) is 0.777. The van der Waals surface area contributed by atoms with E-state index in [0.29, 0.717) is 6.04 Å². The van der Waals surface area contributed by atoms with Crippen molar-refractivity contribution in [3.05, 3.63) is 34.9 Å². The molecule has 0 aromatic heterocycles. The number of nitrogens with two attached hydrogens (primary N) is 1. The molecule has 2 N–H and O–H groups in total. The molecular weight excluding hydrogens is 186 g/mol. The molecule has 0 amide bonds. The van der Waals surface area contributed by atoms with E-state index in [2.05, 4.69) is 44.3 Å². The lowest BCUT2D eigenvalue weighted by atomic mass is 10.1. The van der Waals surface area contributed by atoms with Crippen molar-refractivity contribution in [1.29, 1.82) is 0 Å². The second-order valence-corrected chi connectivity index (χ2v) is 4.30. The Hall–Kier alpha value is -0.860. The smallest absolute Gasteiger partial charge is 0.107 e. The molecule has 0 fully saturated rings. The van der Waals surface area contributed by atoms with Crippen molar-refractivity contribution in [2.24, 2.45) is 0 Å². The van der Waals surface area contributed by atoms with Crippen molar-refractivity contribution in [3.8, 4) is 0 Å². The van der Waals surface area contributed by atoms with Crippen LogP contribution in [0.25, 0.3) is 0 Å². The fourth-order valence-electron chi connectivity index (χ4n) is 1.73. The molecule has 1 aromatic rings. The van der Waals surface area contributed by atoms with E-state index in [9.17, 15) is 0 Å². The lowest BCUT2D eigenvalue weighted by molar-refractivity contribution is -0.702. The minimum Gasteiger partial charge on any atom is -0.379 e. The number of benzene rings is 1. The zero-order valence-corrected chi connectivity index (χ0v) is 10.2. The molecule has 0 aliphatic carbocycles. The highest BCUT2D eigenvalue weighted by atomic mass is 16.5. The van der Waals surface area contributed by atoms with Gasteiger partial charge in [0.05, 0.1) is 6.61 Å². The van der Waals surface area contributed by atoms with E-state index >= 15 is 0 Å². The zero-order valence-electron chi connectivity index (χ0n) is 10.2. The zero-order chi connectivity index (χ0) is 11.3. The molecule has 0 heterocycles. The molecule has 2 nitrogen and oxygen atoms in total. The summed E-state index contributed by atoms with van der Waals surface area (Å²) in [5.74, 6) is 0. The summed E-state index contributed by atoms with van der Waals surface area (Å²) in [6.45, 7) is 8.35. The highest BCUT2D eigenvalue weighted by Crippen LogP contribution is 2.08. The van der Waals surface area contributed by atoms with Gasteiger partial charge in [0.15, 0.2) is 0 Å². The number of aryl methyl sites for hydroxylation is 2. The molecule has 1 aromatic carbocycles. The van der Waals surface area contributed by atoms with Gasteiger partial charge < -0.3 is 10.1 Å². The van der Waals surface area contributed by atoms with Crippen molar-refractivity contribution in [3.63, 3.8) is 0 Å². The van der Waals surface area contributed by atoms with Gasteiger partial charge in [0.1, 0.15) is 12.6 Å². The average Bonchev–Trinajstić information content (AvgIpc) is 2.17. The molecule has 1 atom stereocenters. The van der Waals surface area contributed by atoms with Crippen molar-refractivity contribution in [1.82, 2.24) is 0 Å². The first-order valence-electron chi connectivity index (χ1n) is 5.52. The second-order valence-electron chi connectivity index (χ2n) is 4.30. The van der Waals surface area contributed by atoms with Crippen molar-refractivity contribution >= 4 is 0 Å². The third kappa shape index (κ3) is 4.02. The van der Waals surface area contributed by atoms with Crippen molar-refractivity contribution in [2.45, 2.75) is 33.4 Å². The largest absolute Gasteiger partial charge is 0.379 e. The standard InChI is InChI=1S/C13H21NO/c1-10-5-6-13(11(2)7-10)8-14-12(3)9-15-4/h5-7,12,14H,8-9H2,1-4H3/p+1/t12-/m1/s1. The Morgan fingerprint density at radius 3 is 2.67 bits per heavy atom. The molecule has 0 spiro atoms. The maximum atomic E-state index is 5.11. The number of ether oxygens (including phenoxy) is 1. The number of hydrogen-bond acceptors (Lipinski definition) is 1. The number of hydrogen-bond donors (Lipinski definition) is 1. The second kappa shape index (κ2) is 5.89. The molecule has 0 aliphatic heterocycles. The summed E-state index contributed by atoms with van der Waals surface area (Å²) in [5, 5.41) is 2.32. The van der Waals surface area contributed by atoms with Gasteiger partial charge in [-0.15, -0.1) is 0 Å². The van der Waals surface area contributed by atoms with Gasteiger partial charge in [-0.05, 0) is 26.3 Å². The van der Waals surface area contributed by atoms with E-state index in [1.807, 2.05) is 0 Å². The fraction of sp³-hybridized carbons (Fsp3) is 0.538. The Labute approximate surface area is 92.6 Å². The first kappa shape index (κ1) is 12.2. The van der Waals surface area contributed by atoms with Crippen LogP contribution in [0.3, 0.4) is 0 Å². The third-order valence-corrected chi connectivity index (χ3v) is 2.67. The molecule has 0 bridgehead atoms. The summed E-state index contributed by atoms with van der Waals surface area (Å²) < 4.78 is 5.11. The maximum absolute atomic E-state index is 5.11. The minimum atomic E-state index is 0.524. The van der Waals surface area contributed by atoms with Crippen LogP contribution >= 0.6 is 0 Å². The van der Waals surface area contributed by atoms with Crippen LogP contribution in [-0.4, -0.2) is 19.8 Å².